The largest absolute Gasteiger partial charge is 0.387 e. The number of anilines is 1. The van der Waals surface area contributed by atoms with Gasteiger partial charge in [-0.15, -0.1) is 0 Å². The van der Waals surface area contributed by atoms with Crippen LogP contribution in [0.2, 0.25) is 5.15 Å². The molecule has 24 heavy (non-hydrogen) atoms. The van der Waals surface area contributed by atoms with E-state index in [9.17, 15) is 14.3 Å². The molecule has 0 spiro atoms. The maximum atomic E-state index is 13.0. The van der Waals surface area contributed by atoms with E-state index >= 15 is 0 Å². The molecular weight excluding hydrogens is 333 g/mol. The monoisotopic (exact) mass is 349 g/mol. The molecule has 1 aromatic heterocycles. The Kier molecular flexibility index (Phi) is 4.97. The van der Waals surface area contributed by atoms with Crippen LogP contribution in [0.3, 0.4) is 0 Å². The first-order valence-electron chi connectivity index (χ1n) is 7.65. The molecule has 1 unspecified atom stereocenters. The fourth-order valence-corrected chi connectivity index (χ4v) is 2.61. The molecular formula is C17H17ClFN3O2. The molecule has 1 heterocycles. The molecule has 0 radical (unpaired) electrons. The zero-order chi connectivity index (χ0) is 17.1. The van der Waals surface area contributed by atoms with Crippen LogP contribution in [0.25, 0.3) is 0 Å². The van der Waals surface area contributed by atoms with Gasteiger partial charge in [-0.2, -0.15) is 0 Å². The number of urea groups is 1. The molecule has 2 aromatic rings. The lowest BCUT2D eigenvalue weighted by molar-refractivity contribution is 0.123. The van der Waals surface area contributed by atoms with Gasteiger partial charge in [0.1, 0.15) is 11.0 Å². The van der Waals surface area contributed by atoms with Crippen molar-refractivity contribution in [2.24, 2.45) is 0 Å². The Morgan fingerprint density at radius 2 is 2.08 bits per heavy atom. The number of nitrogens with one attached hydrogen (secondary N) is 1. The average molecular weight is 350 g/mol. The molecule has 5 nitrogen and oxygen atoms in total. The summed E-state index contributed by atoms with van der Waals surface area (Å²) in [6.07, 6.45) is 2.44. The molecule has 3 rings (SSSR count). The molecule has 0 aliphatic heterocycles. The van der Waals surface area contributed by atoms with Crippen molar-refractivity contribution in [2.45, 2.75) is 25.0 Å². The summed E-state index contributed by atoms with van der Waals surface area (Å²) in [5.74, 6) is -0.364. The van der Waals surface area contributed by atoms with Gasteiger partial charge in [0.2, 0.25) is 0 Å². The van der Waals surface area contributed by atoms with Crippen LogP contribution in [-0.4, -0.2) is 33.6 Å². The summed E-state index contributed by atoms with van der Waals surface area (Å²) in [6, 6.07) is 8.62. The standard InChI is InChI=1S/C17H17ClFN3O2/c18-16-9-13(7-8-20-16)21-17(24)22(14-5-6-14)10-15(23)11-1-3-12(19)4-2-11/h1-4,7-9,14-15,23H,5-6,10H2,(H,20,21,24). The Balaban J connectivity index is 1.68. The fraction of sp³-hybridized carbons (Fsp3) is 0.294. The maximum Gasteiger partial charge on any atom is 0.322 e. The minimum absolute atomic E-state index is 0.109. The van der Waals surface area contributed by atoms with Gasteiger partial charge in [0.25, 0.3) is 0 Å². The second-order valence-corrected chi connectivity index (χ2v) is 6.14. The van der Waals surface area contributed by atoms with Crippen LogP contribution >= 0.6 is 11.6 Å². The summed E-state index contributed by atoms with van der Waals surface area (Å²) in [6.45, 7) is 0.140. The van der Waals surface area contributed by atoms with E-state index in [2.05, 4.69) is 10.3 Å². The summed E-state index contributed by atoms with van der Waals surface area (Å²) in [5, 5.41) is 13.4. The Bertz CT molecular complexity index is 722. The molecule has 1 fully saturated rings. The minimum atomic E-state index is -0.877. The van der Waals surface area contributed by atoms with E-state index in [-0.39, 0.29) is 29.6 Å². The summed E-state index contributed by atoms with van der Waals surface area (Å²) in [4.78, 5) is 18.0. The average Bonchev–Trinajstić information content (AvgIpc) is 3.37. The van der Waals surface area contributed by atoms with Crippen molar-refractivity contribution in [3.8, 4) is 0 Å². The topological polar surface area (TPSA) is 65.5 Å². The molecule has 2 amide bonds. The van der Waals surface area contributed by atoms with Crippen LogP contribution in [0, 0.1) is 5.82 Å². The van der Waals surface area contributed by atoms with Crippen LogP contribution in [0.4, 0.5) is 14.9 Å². The number of carbonyl (C=O) groups is 1. The van der Waals surface area contributed by atoms with Gasteiger partial charge in [-0.1, -0.05) is 23.7 Å². The van der Waals surface area contributed by atoms with Gasteiger partial charge in [0.15, 0.2) is 0 Å². The predicted octanol–water partition coefficient (Wildman–Crippen LogP) is 3.60. The van der Waals surface area contributed by atoms with Crippen molar-refractivity contribution in [3.05, 3.63) is 59.1 Å². The van der Waals surface area contributed by atoms with E-state index < -0.39 is 6.10 Å². The highest BCUT2D eigenvalue weighted by Gasteiger charge is 2.34. The molecule has 1 aromatic carbocycles. The van der Waals surface area contributed by atoms with Crippen LogP contribution in [0.5, 0.6) is 0 Å². The first-order valence-corrected chi connectivity index (χ1v) is 8.03. The predicted molar refractivity (Wildman–Crippen MR) is 89.4 cm³/mol. The van der Waals surface area contributed by atoms with Gasteiger partial charge in [-0.05, 0) is 42.7 Å². The highest BCUT2D eigenvalue weighted by molar-refractivity contribution is 6.29. The van der Waals surface area contributed by atoms with Crippen molar-refractivity contribution in [3.63, 3.8) is 0 Å². The van der Waals surface area contributed by atoms with Gasteiger partial charge < -0.3 is 15.3 Å². The zero-order valence-corrected chi connectivity index (χ0v) is 13.6. The second kappa shape index (κ2) is 7.15. The van der Waals surface area contributed by atoms with Crippen LogP contribution in [0.15, 0.2) is 42.6 Å². The number of halogens is 2. The van der Waals surface area contributed by atoms with Gasteiger partial charge in [0.05, 0.1) is 12.6 Å². The third-order valence-electron chi connectivity index (χ3n) is 3.85. The molecule has 2 N–H and O–H groups in total. The lowest BCUT2D eigenvalue weighted by Gasteiger charge is -2.25. The van der Waals surface area contributed by atoms with Crippen molar-refractivity contribution in [1.29, 1.82) is 0 Å². The van der Waals surface area contributed by atoms with E-state index in [0.29, 0.717) is 11.3 Å². The van der Waals surface area contributed by atoms with Gasteiger partial charge >= 0.3 is 6.03 Å². The molecule has 126 valence electrons. The minimum Gasteiger partial charge on any atom is -0.387 e. The van der Waals surface area contributed by atoms with E-state index in [4.69, 9.17) is 11.6 Å². The maximum absolute atomic E-state index is 13.0. The lowest BCUT2D eigenvalue weighted by Crippen LogP contribution is -2.39. The number of hydrogen-bond acceptors (Lipinski definition) is 3. The van der Waals surface area contributed by atoms with Gasteiger partial charge in [-0.3, -0.25) is 0 Å². The normalized spacial score (nSPS) is 15.0. The second-order valence-electron chi connectivity index (χ2n) is 5.75. The number of carbonyl (C=O) groups excluding carboxylic acids is 1. The van der Waals surface area contributed by atoms with Crippen LogP contribution in [-0.2, 0) is 0 Å². The SMILES string of the molecule is O=C(Nc1ccnc(Cl)c1)N(CC(O)c1ccc(F)cc1)C1CC1. The number of benzene rings is 1. The lowest BCUT2D eigenvalue weighted by atomic mass is 10.1. The molecule has 0 saturated heterocycles. The third-order valence-corrected chi connectivity index (χ3v) is 4.06. The van der Waals surface area contributed by atoms with Crippen molar-refractivity contribution < 1.29 is 14.3 Å². The Morgan fingerprint density at radius 1 is 1.38 bits per heavy atom. The number of aliphatic hydroxyl groups excluding tert-OH is 1. The Labute approximate surface area is 144 Å². The van der Waals surface area contributed by atoms with E-state index in [1.165, 1.54) is 30.5 Å². The smallest absolute Gasteiger partial charge is 0.322 e. The molecule has 1 atom stereocenters. The summed E-state index contributed by atoms with van der Waals surface area (Å²) >= 11 is 5.81. The van der Waals surface area contributed by atoms with Gasteiger partial charge in [0, 0.05) is 17.9 Å². The van der Waals surface area contributed by atoms with Crippen molar-refractivity contribution >= 4 is 23.3 Å². The number of aromatic nitrogens is 1. The summed E-state index contributed by atoms with van der Waals surface area (Å²) < 4.78 is 13.0. The summed E-state index contributed by atoms with van der Waals surface area (Å²) in [5.41, 5.74) is 1.11. The quantitative estimate of drug-likeness (QED) is 0.810. The third kappa shape index (κ3) is 4.21. The zero-order valence-electron chi connectivity index (χ0n) is 12.8. The van der Waals surface area contributed by atoms with Crippen molar-refractivity contribution in [1.82, 2.24) is 9.88 Å². The first-order chi connectivity index (χ1) is 11.5. The number of pyridine rings is 1. The Morgan fingerprint density at radius 3 is 2.71 bits per heavy atom. The van der Waals surface area contributed by atoms with E-state index in [1.54, 1.807) is 17.0 Å². The number of hydrogen-bond donors (Lipinski definition) is 2. The van der Waals surface area contributed by atoms with Crippen molar-refractivity contribution in [2.75, 3.05) is 11.9 Å². The Hall–Kier alpha value is -2.18. The highest BCUT2D eigenvalue weighted by Crippen LogP contribution is 2.29. The highest BCUT2D eigenvalue weighted by atomic mass is 35.5. The molecule has 1 saturated carbocycles. The number of rotatable bonds is 5. The van der Waals surface area contributed by atoms with Crippen LogP contribution < -0.4 is 5.32 Å². The number of aliphatic hydroxyl groups is 1. The number of amides is 2. The van der Waals surface area contributed by atoms with Gasteiger partial charge in [-0.25, -0.2) is 14.2 Å². The molecule has 7 heteroatoms. The first kappa shape index (κ1) is 16.7. The molecule has 1 aliphatic carbocycles. The van der Waals surface area contributed by atoms with E-state index in [0.717, 1.165) is 12.8 Å². The fourth-order valence-electron chi connectivity index (χ4n) is 2.44. The number of nitrogens with zero attached hydrogens (tertiary/aromatic N) is 2. The van der Waals surface area contributed by atoms with E-state index in [1.807, 2.05) is 0 Å². The summed E-state index contributed by atoms with van der Waals surface area (Å²) in [7, 11) is 0. The van der Waals surface area contributed by atoms with Crippen LogP contribution in [0.1, 0.15) is 24.5 Å². The molecule has 0 bridgehead atoms. The molecule has 1 aliphatic rings.